The minimum absolute atomic E-state index is 0.0312. The molecule has 1 amide bonds. The zero-order chi connectivity index (χ0) is 20.1. The number of carbonyl (C=O) groups is 1. The third kappa shape index (κ3) is 4.78. The molecule has 3 aromatic rings. The summed E-state index contributed by atoms with van der Waals surface area (Å²) in [6.07, 6.45) is 0. The van der Waals surface area contributed by atoms with E-state index in [0.717, 1.165) is 27.6 Å². The predicted molar refractivity (Wildman–Crippen MR) is 114 cm³/mol. The van der Waals surface area contributed by atoms with E-state index in [4.69, 9.17) is 4.74 Å². The number of ether oxygens (including phenoxy) is 1. The van der Waals surface area contributed by atoms with Gasteiger partial charge in [-0.15, -0.1) is 11.3 Å². The molecular formula is C23H26N2O2S. The quantitative estimate of drug-likeness (QED) is 0.545. The van der Waals surface area contributed by atoms with Crippen molar-refractivity contribution >= 4 is 17.2 Å². The molecule has 0 aliphatic heterocycles. The fourth-order valence-corrected chi connectivity index (χ4v) is 3.61. The molecule has 0 aliphatic carbocycles. The SMILES string of the molecule is CCN(Cc1csc(COc2cccc(C)c2C)n1)C(=O)c1ccc(C)cc1. The maximum Gasteiger partial charge on any atom is 0.254 e. The van der Waals surface area contributed by atoms with Crippen molar-refractivity contribution in [2.75, 3.05) is 6.54 Å². The second kappa shape index (κ2) is 9.02. The van der Waals surface area contributed by atoms with E-state index < -0.39 is 0 Å². The van der Waals surface area contributed by atoms with Crippen molar-refractivity contribution in [3.05, 3.63) is 80.8 Å². The molecule has 0 bridgehead atoms. The lowest BCUT2D eigenvalue weighted by atomic mass is 10.1. The van der Waals surface area contributed by atoms with Gasteiger partial charge in [-0.2, -0.15) is 0 Å². The molecule has 28 heavy (non-hydrogen) atoms. The topological polar surface area (TPSA) is 42.4 Å². The predicted octanol–water partition coefficient (Wildman–Crippen LogP) is 5.31. The maximum absolute atomic E-state index is 12.8. The van der Waals surface area contributed by atoms with Gasteiger partial charge in [-0.05, 0) is 57.0 Å². The Balaban J connectivity index is 1.63. The number of nitrogens with zero attached hydrogens (tertiary/aromatic N) is 2. The second-order valence-corrected chi connectivity index (χ2v) is 7.85. The smallest absolute Gasteiger partial charge is 0.254 e. The van der Waals surface area contributed by atoms with Gasteiger partial charge in [-0.25, -0.2) is 4.98 Å². The number of aromatic nitrogens is 1. The van der Waals surface area contributed by atoms with Gasteiger partial charge in [0.1, 0.15) is 17.4 Å². The average Bonchev–Trinajstić information content (AvgIpc) is 3.15. The Morgan fingerprint density at radius 3 is 2.57 bits per heavy atom. The summed E-state index contributed by atoms with van der Waals surface area (Å²) in [5.74, 6) is 0.921. The number of thiazole rings is 1. The minimum Gasteiger partial charge on any atom is -0.486 e. The van der Waals surface area contributed by atoms with Crippen LogP contribution in [0.5, 0.6) is 5.75 Å². The van der Waals surface area contributed by atoms with E-state index in [1.165, 1.54) is 5.56 Å². The van der Waals surface area contributed by atoms with Crippen LogP contribution in [0.2, 0.25) is 0 Å². The largest absolute Gasteiger partial charge is 0.486 e. The van der Waals surface area contributed by atoms with E-state index in [-0.39, 0.29) is 5.91 Å². The van der Waals surface area contributed by atoms with Crippen LogP contribution in [0.3, 0.4) is 0 Å². The Hall–Kier alpha value is -2.66. The molecule has 0 saturated carbocycles. The zero-order valence-corrected chi connectivity index (χ0v) is 17.7. The molecule has 0 radical (unpaired) electrons. The van der Waals surface area contributed by atoms with Crippen LogP contribution in [-0.4, -0.2) is 22.3 Å². The summed E-state index contributed by atoms with van der Waals surface area (Å²) >= 11 is 1.57. The lowest BCUT2D eigenvalue weighted by Gasteiger charge is -2.20. The van der Waals surface area contributed by atoms with Gasteiger partial charge in [0.2, 0.25) is 0 Å². The first-order chi connectivity index (χ1) is 13.5. The molecule has 1 heterocycles. The van der Waals surface area contributed by atoms with Gasteiger partial charge in [0.15, 0.2) is 0 Å². The number of hydrogen-bond acceptors (Lipinski definition) is 4. The van der Waals surface area contributed by atoms with Gasteiger partial charge in [-0.3, -0.25) is 4.79 Å². The first-order valence-corrected chi connectivity index (χ1v) is 10.3. The molecule has 3 rings (SSSR count). The number of hydrogen-bond donors (Lipinski definition) is 0. The fourth-order valence-electron chi connectivity index (χ4n) is 2.91. The van der Waals surface area contributed by atoms with Gasteiger partial charge >= 0.3 is 0 Å². The van der Waals surface area contributed by atoms with Crippen LogP contribution in [0.15, 0.2) is 47.8 Å². The Morgan fingerprint density at radius 2 is 1.86 bits per heavy atom. The van der Waals surface area contributed by atoms with Crippen LogP contribution in [0.25, 0.3) is 0 Å². The Morgan fingerprint density at radius 1 is 1.11 bits per heavy atom. The Kier molecular flexibility index (Phi) is 6.47. The molecule has 0 aliphatic rings. The second-order valence-electron chi connectivity index (χ2n) is 6.90. The van der Waals surface area contributed by atoms with Crippen LogP contribution in [0.4, 0.5) is 0 Å². The summed E-state index contributed by atoms with van der Waals surface area (Å²) in [4.78, 5) is 19.2. The molecular weight excluding hydrogens is 368 g/mol. The average molecular weight is 395 g/mol. The van der Waals surface area contributed by atoms with Gasteiger partial charge < -0.3 is 9.64 Å². The number of benzene rings is 2. The Bertz CT molecular complexity index is 947. The van der Waals surface area contributed by atoms with Crippen molar-refractivity contribution in [2.24, 2.45) is 0 Å². The lowest BCUT2D eigenvalue weighted by molar-refractivity contribution is 0.0751. The monoisotopic (exact) mass is 394 g/mol. The van der Waals surface area contributed by atoms with Crippen molar-refractivity contribution in [3.8, 4) is 5.75 Å². The summed E-state index contributed by atoms with van der Waals surface area (Å²) in [5, 5.41) is 2.92. The van der Waals surface area contributed by atoms with E-state index in [1.807, 2.05) is 60.5 Å². The van der Waals surface area contributed by atoms with Crippen LogP contribution >= 0.6 is 11.3 Å². The summed E-state index contributed by atoms with van der Waals surface area (Å²) in [6, 6.07) is 13.7. The maximum atomic E-state index is 12.8. The highest BCUT2D eigenvalue weighted by molar-refractivity contribution is 7.09. The first kappa shape index (κ1) is 20.1. The van der Waals surface area contributed by atoms with Crippen molar-refractivity contribution in [3.63, 3.8) is 0 Å². The van der Waals surface area contributed by atoms with Crippen molar-refractivity contribution in [2.45, 2.75) is 40.8 Å². The molecule has 0 spiro atoms. The van der Waals surface area contributed by atoms with Crippen LogP contribution in [-0.2, 0) is 13.2 Å². The van der Waals surface area contributed by atoms with Crippen molar-refractivity contribution < 1.29 is 9.53 Å². The summed E-state index contributed by atoms with van der Waals surface area (Å²) in [6.45, 7) is 9.72. The fraction of sp³-hybridized carbons (Fsp3) is 0.304. The van der Waals surface area contributed by atoms with E-state index in [2.05, 4.69) is 24.9 Å². The van der Waals surface area contributed by atoms with E-state index in [0.29, 0.717) is 25.3 Å². The molecule has 0 fully saturated rings. The van der Waals surface area contributed by atoms with E-state index in [1.54, 1.807) is 11.3 Å². The number of rotatable bonds is 7. The number of carbonyl (C=O) groups excluding carboxylic acids is 1. The minimum atomic E-state index is 0.0312. The highest BCUT2D eigenvalue weighted by atomic mass is 32.1. The third-order valence-electron chi connectivity index (χ3n) is 4.83. The molecule has 0 atom stereocenters. The molecule has 1 aromatic heterocycles. The summed E-state index contributed by atoms with van der Waals surface area (Å²) < 4.78 is 5.94. The van der Waals surface area contributed by atoms with E-state index >= 15 is 0 Å². The zero-order valence-electron chi connectivity index (χ0n) is 16.9. The molecule has 0 unspecified atom stereocenters. The highest BCUT2D eigenvalue weighted by Gasteiger charge is 2.16. The number of aryl methyl sites for hydroxylation is 2. The highest BCUT2D eigenvalue weighted by Crippen LogP contribution is 2.22. The third-order valence-corrected chi connectivity index (χ3v) is 5.70. The molecule has 146 valence electrons. The Labute approximate surface area is 170 Å². The molecule has 0 saturated heterocycles. The molecule has 2 aromatic carbocycles. The molecule has 5 heteroatoms. The molecule has 0 N–H and O–H groups in total. The van der Waals surface area contributed by atoms with Gasteiger partial charge in [0.05, 0.1) is 12.2 Å². The van der Waals surface area contributed by atoms with Gasteiger partial charge in [0, 0.05) is 17.5 Å². The van der Waals surface area contributed by atoms with Gasteiger partial charge in [-0.1, -0.05) is 29.8 Å². The van der Waals surface area contributed by atoms with Gasteiger partial charge in [0.25, 0.3) is 5.91 Å². The summed E-state index contributed by atoms with van der Waals surface area (Å²) in [7, 11) is 0. The summed E-state index contributed by atoms with van der Waals surface area (Å²) in [5.41, 5.74) is 5.12. The standard InChI is InChI=1S/C23H26N2O2S/c1-5-25(23(26)19-11-9-16(2)10-12-19)13-20-15-28-22(24-20)14-27-21-8-6-7-17(3)18(21)4/h6-12,15H,5,13-14H2,1-4H3. The lowest BCUT2D eigenvalue weighted by Crippen LogP contribution is -2.30. The normalized spacial score (nSPS) is 10.7. The number of amides is 1. The van der Waals surface area contributed by atoms with Crippen molar-refractivity contribution in [1.82, 2.24) is 9.88 Å². The van der Waals surface area contributed by atoms with Crippen LogP contribution < -0.4 is 4.74 Å². The van der Waals surface area contributed by atoms with Crippen molar-refractivity contribution in [1.29, 1.82) is 0 Å². The molecule has 4 nitrogen and oxygen atoms in total. The van der Waals surface area contributed by atoms with E-state index in [9.17, 15) is 4.79 Å². The first-order valence-electron chi connectivity index (χ1n) is 9.46. The van der Waals surface area contributed by atoms with Crippen LogP contribution in [0, 0.1) is 20.8 Å². The van der Waals surface area contributed by atoms with Crippen LogP contribution in [0.1, 0.15) is 44.7 Å².